The molecule has 0 saturated heterocycles. The van der Waals surface area contributed by atoms with Crippen LogP contribution < -0.4 is 0 Å². The van der Waals surface area contributed by atoms with Gasteiger partial charge in [-0.15, -0.1) is 34.0 Å². The second kappa shape index (κ2) is 11.6. The van der Waals surface area contributed by atoms with Crippen LogP contribution in [0.4, 0.5) is 0 Å². The van der Waals surface area contributed by atoms with E-state index >= 15 is 0 Å². The first-order valence-electron chi connectivity index (χ1n) is 11.3. The monoisotopic (exact) mass is 479 g/mol. The third-order valence-corrected chi connectivity index (χ3v) is 8.88. The van der Waals surface area contributed by atoms with Gasteiger partial charge in [0, 0.05) is 42.7 Å². The molecule has 5 heteroatoms. The van der Waals surface area contributed by atoms with Gasteiger partial charge in [0.1, 0.15) is 5.75 Å². The predicted octanol–water partition coefficient (Wildman–Crippen LogP) is 9.36. The maximum Gasteiger partial charge on any atom is 0.124 e. The third kappa shape index (κ3) is 5.97. The normalized spacial score (nSPS) is 11.5. The molecule has 0 radical (unpaired) electrons. The van der Waals surface area contributed by atoms with Gasteiger partial charge in [0.2, 0.25) is 0 Å². The van der Waals surface area contributed by atoms with Crippen molar-refractivity contribution in [2.45, 2.75) is 45.4 Å². The van der Waals surface area contributed by atoms with E-state index in [0.717, 1.165) is 24.1 Å². The van der Waals surface area contributed by atoms with E-state index in [4.69, 9.17) is 0 Å². The summed E-state index contributed by atoms with van der Waals surface area (Å²) in [6.45, 7) is 3.07. The van der Waals surface area contributed by atoms with E-state index in [1.54, 1.807) is 28.7 Å². The van der Waals surface area contributed by atoms with Crippen LogP contribution in [0.2, 0.25) is 0 Å². The minimum Gasteiger partial charge on any atom is -0.507 e. The molecular weight excluding hydrogens is 451 g/mol. The molecule has 0 spiro atoms. The highest BCUT2D eigenvalue weighted by Crippen LogP contribution is 2.41. The van der Waals surface area contributed by atoms with Crippen molar-refractivity contribution >= 4 is 40.2 Å². The van der Waals surface area contributed by atoms with Crippen molar-refractivity contribution in [3.05, 3.63) is 65.5 Å². The second-order valence-electron chi connectivity index (χ2n) is 7.88. The van der Waals surface area contributed by atoms with Crippen molar-refractivity contribution in [3.63, 3.8) is 0 Å². The molecular formula is C27H29NOS3. The first kappa shape index (κ1) is 23.0. The summed E-state index contributed by atoms with van der Waals surface area (Å²) in [6.07, 6.45) is 9.41. The fraction of sp³-hybridized carbons (Fsp3) is 0.296. The molecule has 1 N–H and O–H groups in total. The van der Waals surface area contributed by atoms with Crippen molar-refractivity contribution in [1.29, 1.82) is 0 Å². The second-order valence-corrected chi connectivity index (χ2v) is 11.0. The zero-order chi connectivity index (χ0) is 22.2. The minimum absolute atomic E-state index is 0.288. The SMILES string of the molecule is CCCCCCCCN=Cc1cc(-c2ccc(-c3ccc(-c4cccs4)s3)s2)ccc1O. The summed E-state index contributed by atoms with van der Waals surface area (Å²) in [6, 6.07) is 18.9. The van der Waals surface area contributed by atoms with Gasteiger partial charge in [-0.2, -0.15) is 0 Å². The molecule has 0 amide bonds. The van der Waals surface area contributed by atoms with Crippen molar-refractivity contribution in [2.75, 3.05) is 6.54 Å². The quantitative estimate of drug-likeness (QED) is 0.169. The Hall–Kier alpha value is -2.21. The molecule has 3 aromatic heterocycles. The Labute approximate surface area is 202 Å². The van der Waals surface area contributed by atoms with E-state index in [1.807, 2.05) is 29.7 Å². The molecule has 1 aromatic carbocycles. The number of benzene rings is 1. The smallest absolute Gasteiger partial charge is 0.124 e. The molecule has 0 unspecified atom stereocenters. The van der Waals surface area contributed by atoms with Gasteiger partial charge >= 0.3 is 0 Å². The molecule has 0 aliphatic rings. The summed E-state index contributed by atoms with van der Waals surface area (Å²) < 4.78 is 0. The summed E-state index contributed by atoms with van der Waals surface area (Å²) in [4.78, 5) is 11.0. The van der Waals surface area contributed by atoms with Crippen molar-refractivity contribution in [3.8, 4) is 35.7 Å². The number of rotatable bonds is 11. The Bertz CT molecular complexity index is 1140. The molecule has 4 aromatic rings. The highest BCUT2D eigenvalue weighted by molar-refractivity contribution is 7.27. The standard InChI is InChI=1S/C27H29NOS3/c1-2-3-4-5-6-7-16-28-19-21-18-20(10-11-22(21)29)23-12-13-26(31-23)27-15-14-25(32-27)24-9-8-17-30-24/h8-15,17-19,29H,2-7,16H2,1H3. The van der Waals surface area contributed by atoms with E-state index in [9.17, 15) is 5.11 Å². The molecule has 3 heterocycles. The lowest BCUT2D eigenvalue weighted by Gasteiger charge is -2.03. The van der Waals surface area contributed by atoms with Crippen LogP contribution in [0.5, 0.6) is 5.75 Å². The molecule has 0 fully saturated rings. The molecule has 0 aliphatic carbocycles. The Morgan fingerprint density at radius 1 is 0.781 bits per heavy atom. The zero-order valence-electron chi connectivity index (χ0n) is 18.4. The molecule has 2 nitrogen and oxygen atoms in total. The van der Waals surface area contributed by atoms with Gasteiger partial charge in [-0.05, 0) is 65.9 Å². The van der Waals surface area contributed by atoms with Gasteiger partial charge in [-0.3, -0.25) is 4.99 Å². The van der Waals surface area contributed by atoms with E-state index in [0.29, 0.717) is 0 Å². The Morgan fingerprint density at radius 2 is 1.47 bits per heavy atom. The Kier molecular flexibility index (Phi) is 8.32. The molecule has 166 valence electrons. The number of nitrogens with zero attached hydrogens (tertiary/aromatic N) is 1. The predicted molar refractivity (Wildman–Crippen MR) is 144 cm³/mol. The number of hydrogen-bond acceptors (Lipinski definition) is 5. The lowest BCUT2D eigenvalue weighted by Crippen LogP contribution is -1.88. The maximum atomic E-state index is 10.3. The van der Waals surface area contributed by atoms with Gasteiger partial charge in [-0.1, -0.05) is 45.1 Å². The number of thiophene rings is 3. The lowest BCUT2D eigenvalue weighted by molar-refractivity contribution is 0.474. The van der Waals surface area contributed by atoms with Crippen LogP contribution in [-0.2, 0) is 0 Å². The average molecular weight is 480 g/mol. The lowest BCUT2D eigenvalue weighted by atomic mass is 10.1. The van der Waals surface area contributed by atoms with Gasteiger partial charge < -0.3 is 5.11 Å². The summed E-state index contributed by atoms with van der Waals surface area (Å²) in [7, 11) is 0. The van der Waals surface area contributed by atoms with Gasteiger partial charge in [-0.25, -0.2) is 0 Å². The molecule has 0 saturated carbocycles. The van der Waals surface area contributed by atoms with Crippen LogP contribution in [0.3, 0.4) is 0 Å². The molecule has 0 aliphatic heterocycles. The van der Waals surface area contributed by atoms with Crippen LogP contribution in [-0.4, -0.2) is 17.9 Å². The van der Waals surface area contributed by atoms with Crippen LogP contribution in [0.25, 0.3) is 29.9 Å². The highest BCUT2D eigenvalue weighted by atomic mass is 32.1. The van der Waals surface area contributed by atoms with Crippen LogP contribution in [0.15, 0.2) is 65.0 Å². The number of aliphatic imine (C=N–C) groups is 1. The number of phenolic OH excluding ortho intramolecular Hbond substituents is 1. The van der Waals surface area contributed by atoms with Crippen molar-refractivity contribution in [1.82, 2.24) is 0 Å². The Morgan fingerprint density at radius 3 is 2.22 bits per heavy atom. The van der Waals surface area contributed by atoms with Crippen molar-refractivity contribution in [2.24, 2.45) is 4.99 Å². The fourth-order valence-corrected chi connectivity index (χ4v) is 6.54. The summed E-state index contributed by atoms with van der Waals surface area (Å²) in [5.41, 5.74) is 1.91. The highest BCUT2D eigenvalue weighted by Gasteiger charge is 2.10. The van der Waals surface area contributed by atoms with Crippen LogP contribution >= 0.6 is 34.0 Å². The molecule has 4 rings (SSSR count). The summed E-state index contributed by atoms with van der Waals surface area (Å²) >= 11 is 5.41. The topological polar surface area (TPSA) is 32.6 Å². The minimum atomic E-state index is 0.288. The number of phenols is 1. The number of hydrogen-bond donors (Lipinski definition) is 1. The van der Waals surface area contributed by atoms with Crippen LogP contribution in [0.1, 0.15) is 51.0 Å². The van der Waals surface area contributed by atoms with E-state index in [-0.39, 0.29) is 5.75 Å². The fourth-order valence-electron chi connectivity index (χ4n) is 3.60. The molecule has 32 heavy (non-hydrogen) atoms. The molecule has 0 bridgehead atoms. The maximum absolute atomic E-state index is 10.3. The van der Waals surface area contributed by atoms with Gasteiger partial charge in [0.15, 0.2) is 0 Å². The Balaban J connectivity index is 1.40. The number of unbranched alkanes of at least 4 members (excludes halogenated alkanes) is 5. The number of aromatic hydroxyl groups is 1. The largest absolute Gasteiger partial charge is 0.507 e. The van der Waals surface area contributed by atoms with Gasteiger partial charge in [0.25, 0.3) is 0 Å². The average Bonchev–Trinajstić information content (AvgIpc) is 3.57. The summed E-state index contributed by atoms with van der Waals surface area (Å²) in [5.74, 6) is 0.288. The van der Waals surface area contributed by atoms with Crippen molar-refractivity contribution < 1.29 is 5.11 Å². The van der Waals surface area contributed by atoms with Crippen LogP contribution in [0, 0.1) is 0 Å². The van der Waals surface area contributed by atoms with E-state index in [2.05, 4.69) is 53.7 Å². The van der Waals surface area contributed by atoms with Gasteiger partial charge in [0.05, 0.1) is 0 Å². The first-order valence-corrected chi connectivity index (χ1v) is 13.8. The molecule has 0 atom stereocenters. The summed E-state index contributed by atoms with van der Waals surface area (Å²) in [5, 5.41) is 12.4. The van der Waals surface area contributed by atoms with E-state index in [1.165, 1.54) is 56.5 Å². The zero-order valence-corrected chi connectivity index (χ0v) is 20.9. The van der Waals surface area contributed by atoms with E-state index < -0.39 is 0 Å². The third-order valence-electron chi connectivity index (χ3n) is 5.40. The first-order chi connectivity index (χ1) is 15.7.